The first-order valence-corrected chi connectivity index (χ1v) is 6.04. The average Bonchev–Trinajstić information content (AvgIpc) is 2.84. The summed E-state index contributed by atoms with van der Waals surface area (Å²) < 4.78 is 0. The van der Waals surface area contributed by atoms with Crippen molar-refractivity contribution in [3.8, 4) is 0 Å². The second-order valence-corrected chi connectivity index (χ2v) is 4.63. The highest BCUT2D eigenvalue weighted by molar-refractivity contribution is 5.86. The third-order valence-electron chi connectivity index (χ3n) is 3.23. The number of aliphatic hydroxyl groups is 1. The molecule has 0 radical (unpaired) electrons. The molecular weight excluding hydrogens is 250 g/mol. The Bertz CT molecular complexity index is 498. The zero-order valence-corrected chi connectivity index (χ0v) is 10.3. The molecule has 1 aromatic carbocycles. The van der Waals surface area contributed by atoms with E-state index in [0.29, 0.717) is 18.5 Å². The van der Waals surface area contributed by atoms with Crippen molar-refractivity contribution in [3.63, 3.8) is 0 Å². The van der Waals surface area contributed by atoms with E-state index in [-0.39, 0.29) is 5.69 Å². The van der Waals surface area contributed by atoms with Gasteiger partial charge in [0.05, 0.1) is 10.6 Å². The smallest absolute Gasteiger partial charge is 0.271 e. The number of nitro benzene ring substituents is 1. The quantitative estimate of drug-likeness (QED) is 0.563. The fourth-order valence-electron chi connectivity index (χ4n) is 2.13. The van der Waals surface area contributed by atoms with Crippen LogP contribution in [0.4, 0.5) is 11.4 Å². The molecule has 0 bridgehead atoms. The highest BCUT2D eigenvalue weighted by atomic mass is 16.6. The Balaban J connectivity index is 1.97. The summed E-state index contributed by atoms with van der Waals surface area (Å²) in [5.74, 6) is -0.503. The molecule has 1 amide bonds. The summed E-state index contributed by atoms with van der Waals surface area (Å²) in [6.45, 7) is 0. The van der Waals surface area contributed by atoms with Gasteiger partial charge in [0, 0.05) is 12.1 Å². The van der Waals surface area contributed by atoms with E-state index in [1.807, 2.05) is 0 Å². The number of hydrogen-bond acceptors (Lipinski definition) is 5. The van der Waals surface area contributed by atoms with Crippen LogP contribution in [0, 0.1) is 10.1 Å². The normalized spacial score (nSPS) is 16.9. The molecule has 1 aliphatic rings. The van der Waals surface area contributed by atoms with Crippen molar-refractivity contribution < 1.29 is 14.8 Å². The van der Waals surface area contributed by atoms with Crippen LogP contribution in [0.25, 0.3) is 0 Å². The number of non-ortho nitro benzene ring substituents is 1. The molecule has 0 heterocycles. The third kappa shape index (κ3) is 3.00. The topological polar surface area (TPSA) is 104 Å². The van der Waals surface area contributed by atoms with Crippen LogP contribution >= 0.6 is 0 Å². The van der Waals surface area contributed by atoms with Gasteiger partial charge < -0.3 is 5.11 Å². The number of benzene rings is 1. The molecule has 7 heteroatoms. The van der Waals surface area contributed by atoms with E-state index in [1.54, 1.807) is 6.07 Å². The largest absolute Gasteiger partial charge is 0.380 e. The average molecular weight is 265 g/mol. The van der Waals surface area contributed by atoms with Gasteiger partial charge in [-0.15, -0.1) is 0 Å². The van der Waals surface area contributed by atoms with E-state index in [2.05, 4.69) is 10.9 Å². The molecule has 19 heavy (non-hydrogen) atoms. The maximum Gasteiger partial charge on any atom is 0.271 e. The fraction of sp³-hybridized carbons (Fsp3) is 0.417. The number of nitrogens with zero attached hydrogens (tertiary/aromatic N) is 1. The molecule has 0 saturated heterocycles. The van der Waals surface area contributed by atoms with Crippen LogP contribution in [0.5, 0.6) is 0 Å². The van der Waals surface area contributed by atoms with Crippen LogP contribution in [-0.4, -0.2) is 21.5 Å². The molecule has 2 rings (SSSR count). The van der Waals surface area contributed by atoms with Crippen LogP contribution in [0.3, 0.4) is 0 Å². The molecule has 1 saturated carbocycles. The summed E-state index contributed by atoms with van der Waals surface area (Å²) in [6, 6.07) is 5.76. The lowest BCUT2D eigenvalue weighted by Gasteiger charge is -2.21. The van der Waals surface area contributed by atoms with Gasteiger partial charge in [-0.2, -0.15) is 0 Å². The van der Waals surface area contributed by atoms with Crippen molar-refractivity contribution >= 4 is 17.3 Å². The number of rotatable bonds is 4. The number of carbonyl (C=O) groups excluding carboxylic acids is 1. The van der Waals surface area contributed by atoms with Crippen molar-refractivity contribution in [1.82, 2.24) is 5.43 Å². The zero-order chi connectivity index (χ0) is 13.9. The van der Waals surface area contributed by atoms with E-state index < -0.39 is 16.4 Å². The minimum atomic E-state index is -1.33. The monoisotopic (exact) mass is 265 g/mol. The van der Waals surface area contributed by atoms with Gasteiger partial charge in [-0.3, -0.25) is 25.8 Å². The lowest BCUT2D eigenvalue weighted by Crippen LogP contribution is -2.46. The van der Waals surface area contributed by atoms with Crippen LogP contribution < -0.4 is 10.9 Å². The Morgan fingerprint density at radius 3 is 2.68 bits per heavy atom. The molecule has 0 aliphatic heterocycles. The van der Waals surface area contributed by atoms with Crippen molar-refractivity contribution in [2.24, 2.45) is 0 Å². The fourth-order valence-corrected chi connectivity index (χ4v) is 2.13. The van der Waals surface area contributed by atoms with Crippen LogP contribution in [0.15, 0.2) is 24.3 Å². The van der Waals surface area contributed by atoms with Crippen molar-refractivity contribution in [1.29, 1.82) is 0 Å². The maximum absolute atomic E-state index is 11.8. The van der Waals surface area contributed by atoms with Gasteiger partial charge in [-0.05, 0) is 31.7 Å². The molecule has 7 nitrogen and oxygen atoms in total. The van der Waals surface area contributed by atoms with Gasteiger partial charge in [0.25, 0.3) is 11.6 Å². The number of hydrazine groups is 1. The Hall–Kier alpha value is -2.15. The molecule has 0 aromatic heterocycles. The zero-order valence-electron chi connectivity index (χ0n) is 10.3. The second kappa shape index (κ2) is 5.23. The Morgan fingerprint density at radius 2 is 2.05 bits per heavy atom. The van der Waals surface area contributed by atoms with E-state index in [1.165, 1.54) is 18.2 Å². The highest BCUT2D eigenvalue weighted by Gasteiger charge is 2.38. The van der Waals surface area contributed by atoms with Gasteiger partial charge >= 0.3 is 0 Å². The lowest BCUT2D eigenvalue weighted by atomic mass is 10.0. The van der Waals surface area contributed by atoms with E-state index in [9.17, 15) is 20.0 Å². The third-order valence-corrected chi connectivity index (χ3v) is 3.23. The first-order valence-electron chi connectivity index (χ1n) is 6.04. The molecular formula is C12H15N3O4. The summed E-state index contributed by atoms with van der Waals surface area (Å²) in [7, 11) is 0. The Morgan fingerprint density at radius 1 is 1.37 bits per heavy atom. The van der Waals surface area contributed by atoms with Crippen LogP contribution in [0.2, 0.25) is 0 Å². The Labute approximate surface area is 109 Å². The van der Waals surface area contributed by atoms with Gasteiger partial charge in [0.1, 0.15) is 5.60 Å². The number of anilines is 1. The lowest BCUT2D eigenvalue weighted by molar-refractivity contribution is -0.384. The first kappa shape index (κ1) is 13.3. The summed E-state index contributed by atoms with van der Waals surface area (Å²) in [5.41, 5.74) is 3.96. The SMILES string of the molecule is O=C(NNc1cccc([N+](=O)[O-])c1)C1(O)CCCC1. The molecule has 102 valence electrons. The molecule has 0 spiro atoms. The predicted molar refractivity (Wildman–Crippen MR) is 68.3 cm³/mol. The first-order chi connectivity index (χ1) is 9.01. The summed E-state index contributed by atoms with van der Waals surface area (Å²) in [5, 5.41) is 20.6. The van der Waals surface area contributed by atoms with E-state index >= 15 is 0 Å². The molecule has 0 unspecified atom stereocenters. The molecule has 1 aliphatic carbocycles. The van der Waals surface area contributed by atoms with Crippen molar-refractivity contribution in [2.75, 3.05) is 5.43 Å². The van der Waals surface area contributed by atoms with Crippen molar-refractivity contribution in [3.05, 3.63) is 34.4 Å². The van der Waals surface area contributed by atoms with Crippen molar-refractivity contribution in [2.45, 2.75) is 31.3 Å². The number of carbonyl (C=O) groups is 1. The minimum Gasteiger partial charge on any atom is -0.380 e. The second-order valence-electron chi connectivity index (χ2n) is 4.63. The highest BCUT2D eigenvalue weighted by Crippen LogP contribution is 2.29. The van der Waals surface area contributed by atoms with Crippen LogP contribution in [-0.2, 0) is 4.79 Å². The number of nitro groups is 1. The predicted octanol–water partition coefficient (Wildman–Crippen LogP) is 1.34. The molecule has 1 fully saturated rings. The molecule has 3 N–H and O–H groups in total. The number of hydrogen-bond donors (Lipinski definition) is 3. The summed E-state index contributed by atoms with van der Waals surface area (Å²) in [6.07, 6.45) is 2.52. The molecule has 0 atom stereocenters. The minimum absolute atomic E-state index is 0.0705. The summed E-state index contributed by atoms with van der Waals surface area (Å²) >= 11 is 0. The van der Waals surface area contributed by atoms with Gasteiger partial charge in [0.15, 0.2) is 0 Å². The van der Waals surface area contributed by atoms with Gasteiger partial charge in [-0.25, -0.2) is 0 Å². The Kier molecular flexibility index (Phi) is 3.66. The summed E-state index contributed by atoms with van der Waals surface area (Å²) in [4.78, 5) is 21.9. The molecule has 1 aromatic rings. The number of nitrogens with one attached hydrogen (secondary N) is 2. The van der Waals surface area contributed by atoms with E-state index in [4.69, 9.17) is 0 Å². The van der Waals surface area contributed by atoms with Crippen LogP contribution in [0.1, 0.15) is 25.7 Å². The van der Waals surface area contributed by atoms with Gasteiger partial charge in [0.2, 0.25) is 0 Å². The van der Waals surface area contributed by atoms with Gasteiger partial charge in [-0.1, -0.05) is 6.07 Å². The maximum atomic E-state index is 11.8. The number of amides is 1. The standard InChI is InChI=1S/C12H15N3O4/c16-11(12(17)6-1-2-7-12)14-13-9-4-3-5-10(8-9)15(18)19/h3-5,8,13,17H,1-2,6-7H2,(H,14,16). The van der Waals surface area contributed by atoms with E-state index in [0.717, 1.165) is 12.8 Å².